The summed E-state index contributed by atoms with van der Waals surface area (Å²) in [4.78, 5) is 12.0. The minimum atomic E-state index is -0.0664. The molecule has 0 aromatic heterocycles. The highest BCUT2D eigenvalue weighted by molar-refractivity contribution is 9.10. The summed E-state index contributed by atoms with van der Waals surface area (Å²) in [6.45, 7) is 1.96. The Bertz CT molecular complexity index is 611. The van der Waals surface area contributed by atoms with Gasteiger partial charge in [0.2, 0.25) is 5.91 Å². The van der Waals surface area contributed by atoms with E-state index >= 15 is 0 Å². The van der Waals surface area contributed by atoms with Gasteiger partial charge in [0.25, 0.3) is 0 Å². The number of anilines is 2. The van der Waals surface area contributed by atoms with Crippen LogP contribution < -0.4 is 11.1 Å². The number of benzene rings is 2. The second kappa shape index (κ2) is 5.89. The van der Waals surface area contributed by atoms with Crippen LogP contribution in [-0.2, 0) is 11.2 Å². The highest BCUT2D eigenvalue weighted by Gasteiger charge is 2.08. The van der Waals surface area contributed by atoms with E-state index in [-0.39, 0.29) is 12.3 Å². The van der Waals surface area contributed by atoms with Crippen LogP contribution in [0.25, 0.3) is 0 Å². The molecule has 0 unspecified atom stereocenters. The molecule has 3 N–H and O–H groups in total. The summed E-state index contributed by atoms with van der Waals surface area (Å²) >= 11 is 3.40. The van der Waals surface area contributed by atoms with Crippen LogP contribution in [0.5, 0.6) is 0 Å². The van der Waals surface area contributed by atoms with Gasteiger partial charge < -0.3 is 11.1 Å². The monoisotopic (exact) mass is 318 g/mol. The lowest BCUT2D eigenvalue weighted by atomic mass is 10.1. The van der Waals surface area contributed by atoms with Gasteiger partial charge in [-0.25, -0.2) is 0 Å². The molecule has 0 saturated carbocycles. The number of carbonyl (C=O) groups excluding carboxylic acids is 1. The van der Waals surface area contributed by atoms with E-state index in [2.05, 4.69) is 21.2 Å². The normalized spacial score (nSPS) is 10.2. The number of amides is 1. The number of carbonyl (C=O) groups is 1. The van der Waals surface area contributed by atoms with Gasteiger partial charge in [-0.1, -0.05) is 34.1 Å². The number of hydrogen-bond acceptors (Lipinski definition) is 2. The lowest BCUT2D eigenvalue weighted by Gasteiger charge is -2.09. The number of nitrogens with two attached hydrogens (primary N) is 1. The van der Waals surface area contributed by atoms with Crippen molar-refractivity contribution >= 4 is 33.2 Å². The fourth-order valence-electron chi connectivity index (χ4n) is 1.83. The second-order valence-corrected chi connectivity index (χ2v) is 5.30. The van der Waals surface area contributed by atoms with Gasteiger partial charge in [-0.3, -0.25) is 4.79 Å². The Morgan fingerprint density at radius 2 is 2.00 bits per heavy atom. The number of rotatable bonds is 3. The topological polar surface area (TPSA) is 55.1 Å². The molecule has 0 fully saturated rings. The van der Waals surface area contributed by atoms with Gasteiger partial charge in [-0.15, -0.1) is 0 Å². The van der Waals surface area contributed by atoms with Crippen LogP contribution in [0.15, 0.2) is 46.9 Å². The third-order valence-corrected chi connectivity index (χ3v) is 3.36. The van der Waals surface area contributed by atoms with Crippen LogP contribution in [0.4, 0.5) is 11.4 Å². The zero-order valence-electron chi connectivity index (χ0n) is 10.6. The molecular formula is C15H15BrN2O. The minimum Gasteiger partial charge on any atom is -0.398 e. The molecule has 19 heavy (non-hydrogen) atoms. The van der Waals surface area contributed by atoms with Crippen LogP contribution in [-0.4, -0.2) is 5.91 Å². The van der Waals surface area contributed by atoms with Crippen LogP contribution in [0, 0.1) is 6.92 Å². The van der Waals surface area contributed by atoms with Gasteiger partial charge in [-0.2, -0.15) is 0 Å². The van der Waals surface area contributed by atoms with E-state index in [4.69, 9.17) is 5.73 Å². The van der Waals surface area contributed by atoms with Crippen molar-refractivity contribution < 1.29 is 4.79 Å². The minimum absolute atomic E-state index is 0.0664. The predicted molar refractivity (Wildman–Crippen MR) is 82.1 cm³/mol. The Morgan fingerprint density at radius 3 is 2.68 bits per heavy atom. The van der Waals surface area contributed by atoms with Crippen molar-refractivity contribution in [3.05, 3.63) is 58.1 Å². The first-order chi connectivity index (χ1) is 9.06. The number of nitrogens with one attached hydrogen (secondary N) is 1. The van der Waals surface area contributed by atoms with Crippen LogP contribution in [0.3, 0.4) is 0 Å². The van der Waals surface area contributed by atoms with Gasteiger partial charge in [-0.05, 0) is 42.3 Å². The summed E-state index contributed by atoms with van der Waals surface area (Å²) in [7, 11) is 0. The maximum atomic E-state index is 12.0. The Morgan fingerprint density at radius 1 is 1.26 bits per heavy atom. The van der Waals surface area contributed by atoms with Crippen LogP contribution in [0.1, 0.15) is 11.1 Å². The van der Waals surface area contributed by atoms with E-state index < -0.39 is 0 Å². The largest absolute Gasteiger partial charge is 0.398 e. The summed E-state index contributed by atoms with van der Waals surface area (Å²) in [6, 6.07) is 13.1. The predicted octanol–water partition coefficient (Wildman–Crippen LogP) is 3.52. The SMILES string of the molecule is Cc1cc(Br)ccc1NC(=O)Cc1ccccc1N. The zero-order valence-corrected chi connectivity index (χ0v) is 12.2. The number of para-hydroxylation sites is 1. The summed E-state index contributed by atoms with van der Waals surface area (Å²) in [5.41, 5.74) is 9.15. The quantitative estimate of drug-likeness (QED) is 0.851. The fraction of sp³-hybridized carbons (Fsp3) is 0.133. The Labute approximate surface area is 121 Å². The molecule has 0 bridgehead atoms. The smallest absolute Gasteiger partial charge is 0.228 e. The van der Waals surface area contributed by atoms with E-state index in [1.807, 2.05) is 43.3 Å². The van der Waals surface area contributed by atoms with Crippen LogP contribution >= 0.6 is 15.9 Å². The molecule has 2 rings (SSSR count). The average molecular weight is 319 g/mol. The summed E-state index contributed by atoms with van der Waals surface area (Å²) < 4.78 is 0.996. The number of nitrogen functional groups attached to an aromatic ring is 1. The Kier molecular flexibility index (Phi) is 4.22. The molecule has 0 aliphatic rings. The average Bonchev–Trinajstić information content (AvgIpc) is 2.36. The van der Waals surface area contributed by atoms with Gasteiger partial charge >= 0.3 is 0 Å². The first-order valence-corrected chi connectivity index (χ1v) is 6.75. The Balaban J connectivity index is 2.08. The summed E-state index contributed by atoms with van der Waals surface area (Å²) in [5, 5.41) is 2.90. The van der Waals surface area contributed by atoms with Crippen molar-refractivity contribution in [2.24, 2.45) is 0 Å². The lowest BCUT2D eigenvalue weighted by molar-refractivity contribution is -0.115. The zero-order chi connectivity index (χ0) is 13.8. The van der Waals surface area contributed by atoms with E-state index in [1.54, 1.807) is 6.07 Å². The van der Waals surface area contributed by atoms with E-state index in [1.165, 1.54) is 0 Å². The summed E-state index contributed by atoms with van der Waals surface area (Å²) in [6.07, 6.45) is 0.280. The molecule has 1 amide bonds. The fourth-order valence-corrected chi connectivity index (χ4v) is 2.31. The first kappa shape index (κ1) is 13.6. The van der Waals surface area contributed by atoms with Crippen molar-refractivity contribution in [2.45, 2.75) is 13.3 Å². The van der Waals surface area contributed by atoms with Gasteiger partial charge in [0.15, 0.2) is 0 Å². The molecule has 0 heterocycles. The van der Waals surface area contributed by atoms with E-state index in [0.29, 0.717) is 5.69 Å². The van der Waals surface area contributed by atoms with Crippen molar-refractivity contribution in [3.63, 3.8) is 0 Å². The highest BCUT2D eigenvalue weighted by Crippen LogP contribution is 2.20. The molecule has 2 aromatic rings. The van der Waals surface area contributed by atoms with Crippen molar-refractivity contribution in [1.82, 2.24) is 0 Å². The second-order valence-electron chi connectivity index (χ2n) is 4.38. The molecule has 0 aliphatic heterocycles. The standard InChI is InChI=1S/C15H15BrN2O/c1-10-8-12(16)6-7-14(10)18-15(19)9-11-4-2-3-5-13(11)17/h2-8H,9,17H2,1H3,(H,18,19). The third kappa shape index (κ3) is 3.58. The third-order valence-electron chi connectivity index (χ3n) is 2.87. The van der Waals surface area contributed by atoms with Crippen LogP contribution in [0.2, 0.25) is 0 Å². The van der Waals surface area contributed by atoms with E-state index in [0.717, 1.165) is 21.3 Å². The number of aryl methyl sites for hydroxylation is 1. The van der Waals surface area contributed by atoms with Crippen molar-refractivity contribution in [3.8, 4) is 0 Å². The summed E-state index contributed by atoms with van der Waals surface area (Å²) in [5.74, 6) is -0.0664. The lowest BCUT2D eigenvalue weighted by Crippen LogP contribution is -2.15. The molecule has 4 heteroatoms. The molecule has 0 saturated heterocycles. The molecular weight excluding hydrogens is 304 g/mol. The van der Waals surface area contributed by atoms with Gasteiger partial charge in [0.1, 0.15) is 0 Å². The molecule has 98 valence electrons. The molecule has 0 atom stereocenters. The number of halogens is 1. The highest BCUT2D eigenvalue weighted by atomic mass is 79.9. The Hall–Kier alpha value is -1.81. The van der Waals surface area contributed by atoms with E-state index in [9.17, 15) is 4.79 Å². The van der Waals surface area contributed by atoms with Crippen molar-refractivity contribution in [1.29, 1.82) is 0 Å². The van der Waals surface area contributed by atoms with Crippen molar-refractivity contribution in [2.75, 3.05) is 11.1 Å². The van der Waals surface area contributed by atoms with Gasteiger partial charge in [0, 0.05) is 15.8 Å². The van der Waals surface area contributed by atoms with Gasteiger partial charge in [0.05, 0.1) is 6.42 Å². The first-order valence-electron chi connectivity index (χ1n) is 5.95. The molecule has 0 radical (unpaired) electrons. The maximum absolute atomic E-state index is 12.0. The molecule has 3 nitrogen and oxygen atoms in total. The molecule has 0 aliphatic carbocycles. The maximum Gasteiger partial charge on any atom is 0.228 e. The number of hydrogen-bond donors (Lipinski definition) is 2. The molecule has 2 aromatic carbocycles. The molecule has 0 spiro atoms.